The molecule has 13 heteroatoms. The van der Waals surface area contributed by atoms with Gasteiger partial charge in [0, 0.05) is 32.1 Å². The molecular weight excluding hydrogens is 612 g/mol. The number of hydrogen-bond donors (Lipinski definition) is 5. The average molecular weight is 657 g/mol. The minimum absolute atomic E-state index is 0.0427. The molecular formula is C35H44N8O5. The number of imidazole rings is 1. The molecule has 4 aromatic rings. The topological polar surface area (TPSA) is 167 Å². The van der Waals surface area contributed by atoms with Crippen LogP contribution in [0.25, 0.3) is 11.2 Å². The summed E-state index contributed by atoms with van der Waals surface area (Å²) in [6.45, 7) is 5.96. The Morgan fingerprint density at radius 2 is 1.60 bits per heavy atom. The number of carbonyl (C=O) groups is 2. The van der Waals surface area contributed by atoms with E-state index in [0.29, 0.717) is 37.4 Å². The Morgan fingerprint density at radius 3 is 2.27 bits per heavy atom. The van der Waals surface area contributed by atoms with Crippen molar-refractivity contribution in [1.82, 2.24) is 35.1 Å². The van der Waals surface area contributed by atoms with Crippen LogP contribution in [0.2, 0.25) is 0 Å². The van der Waals surface area contributed by atoms with Gasteiger partial charge in [0.1, 0.15) is 12.2 Å². The maximum absolute atomic E-state index is 13.5. The standard InChI is InChI=1S/C35H44N8O5/c1-2-16-36-33(46)29-27(44)28(45)35(48-29)43-22-39-26-30(38-21-25(23-12-6-3-7-13-23)24-14-8-4-9-15-24)40-31(41-32(26)43)34(47)37-17-20-42-18-10-5-11-19-42/h3-4,6-9,12-15,22,25,27-29,35,44-45H,2,5,10-11,16-21H2,1H3,(H,36,46)(H,37,47)(H,38,40,41)/t27-,28+,29-,35?/m0/s1. The lowest BCUT2D eigenvalue weighted by atomic mass is 9.91. The summed E-state index contributed by atoms with van der Waals surface area (Å²) in [5, 5.41) is 30.8. The Labute approximate surface area is 279 Å². The molecule has 2 aliphatic heterocycles. The van der Waals surface area contributed by atoms with Gasteiger partial charge in [0.2, 0.25) is 5.82 Å². The van der Waals surface area contributed by atoms with Gasteiger partial charge >= 0.3 is 0 Å². The van der Waals surface area contributed by atoms with E-state index in [2.05, 4.69) is 60.1 Å². The van der Waals surface area contributed by atoms with Crippen molar-refractivity contribution < 1.29 is 24.5 Å². The van der Waals surface area contributed by atoms with E-state index in [1.165, 1.54) is 17.3 Å². The fraction of sp³-hybridized carbons (Fsp3) is 0.457. The molecule has 0 spiro atoms. The molecule has 1 unspecified atom stereocenters. The van der Waals surface area contributed by atoms with Gasteiger partial charge in [-0.1, -0.05) is 74.0 Å². The van der Waals surface area contributed by atoms with Crippen molar-refractivity contribution in [2.24, 2.45) is 0 Å². The van der Waals surface area contributed by atoms with Crippen LogP contribution in [-0.2, 0) is 9.53 Å². The fourth-order valence-electron chi connectivity index (χ4n) is 6.37. The van der Waals surface area contributed by atoms with Gasteiger partial charge in [-0.05, 0) is 43.5 Å². The molecule has 2 aromatic carbocycles. The van der Waals surface area contributed by atoms with Crippen LogP contribution in [0.15, 0.2) is 67.0 Å². The number of anilines is 1. The average Bonchev–Trinajstić information content (AvgIpc) is 3.68. The predicted octanol–water partition coefficient (Wildman–Crippen LogP) is 2.43. The van der Waals surface area contributed by atoms with Gasteiger partial charge in [0.05, 0.1) is 6.33 Å². The number of hydrogen-bond acceptors (Lipinski definition) is 10. The van der Waals surface area contributed by atoms with Gasteiger partial charge in [-0.15, -0.1) is 0 Å². The number of amides is 2. The molecule has 13 nitrogen and oxygen atoms in total. The number of likely N-dealkylation sites (tertiary alicyclic amines) is 1. The molecule has 5 N–H and O–H groups in total. The van der Waals surface area contributed by atoms with Gasteiger partial charge in [-0.2, -0.15) is 0 Å². The lowest BCUT2D eigenvalue weighted by molar-refractivity contribution is -0.137. The van der Waals surface area contributed by atoms with Crippen molar-refractivity contribution in [2.45, 2.75) is 63.1 Å². The van der Waals surface area contributed by atoms with Crippen LogP contribution in [0, 0.1) is 0 Å². The SMILES string of the molecule is CCCNC(=O)[C@H]1OC(n2cnc3c(NCC(c4ccccc4)c4ccccc4)nc(C(=O)NCCN4CCCCC4)nc32)[C@H](O)[C@@H]1O. The van der Waals surface area contributed by atoms with Crippen molar-refractivity contribution in [3.05, 3.63) is 83.9 Å². The van der Waals surface area contributed by atoms with Crippen molar-refractivity contribution in [3.8, 4) is 0 Å². The zero-order chi connectivity index (χ0) is 33.5. The van der Waals surface area contributed by atoms with Crippen LogP contribution in [0.3, 0.4) is 0 Å². The molecule has 6 rings (SSSR count). The molecule has 0 bridgehead atoms. The van der Waals surface area contributed by atoms with E-state index in [4.69, 9.17) is 4.74 Å². The Balaban J connectivity index is 1.30. The van der Waals surface area contributed by atoms with E-state index in [9.17, 15) is 19.8 Å². The number of fused-ring (bicyclic) bond motifs is 1. The summed E-state index contributed by atoms with van der Waals surface area (Å²) in [7, 11) is 0. The van der Waals surface area contributed by atoms with Gasteiger partial charge in [0.15, 0.2) is 29.3 Å². The van der Waals surface area contributed by atoms with Gasteiger partial charge < -0.3 is 35.8 Å². The molecule has 0 aliphatic carbocycles. The third kappa shape index (κ3) is 7.49. The van der Waals surface area contributed by atoms with Crippen LogP contribution in [-0.4, -0.2) is 104 Å². The second-order valence-electron chi connectivity index (χ2n) is 12.4. The van der Waals surface area contributed by atoms with Gasteiger partial charge in [0.25, 0.3) is 11.8 Å². The molecule has 48 heavy (non-hydrogen) atoms. The van der Waals surface area contributed by atoms with E-state index in [1.807, 2.05) is 43.3 Å². The third-order valence-electron chi connectivity index (χ3n) is 8.98. The first-order chi connectivity index (χ1) is 23.4. The summed E-state index contributed by atoms with van der Waals surface area (Å²) in [5.74, 6) is -0.751. The molecule has 0 saturated carbocycles. The first-order valence-corrected chi connectivity index (χ1v) is 16.8. The van der Waals surface area contributed by atoms with Crippen LogP contribution in [0.5, 0.6) is 0 Å². The largest absolute Gasteiger partial charge is 0.387 e. The highest BCUT2D eigenvalue weighted by Gasteiger charge is 2.47. The number of rotatable bonds is 13. The molecule has 254 valence electrons. The molecule has 2 amide bonds. The van der Waals surface area contributed by atoms with E-state index in [-0.39, 0.29) is 17.4 Å². The monoisotopic (exact) mass is 656 g/mol. The summed E-state index contributed by atoms with van der Waals surface area (Å²) in [4.78, 5) is 42.3. The normalized spacial score (nSPS) is 21.4. The van der Waals surface area contributed by atoms with E-state index in [0.717, 1.165) is 43.6 Å². The molecule has 2 fully saturated rings. The highest BCUT2D eigenvalue weighted by Crippen LogP contribution is 2.33. The summed E-state index contributed by atoms with van der Waals surface area (Å²) in [6.07, 6.45) is 0.280. The van der Waals surface area contributed by atoms with Crippen molar-refractivity contribution in [1.29, 1.82) is 0 Å². The zero-order valence-corrected chi connectivity index (χ0v) is 27.2. The minimum Gasteiger partial charge on any atom is -0.387 e. The number of nitrogens with zero attached hydrogens (tertiary/aromatic N) is 5. The number of nitrogens with one attached hydrogen (secondary N) is 3. The minimum atomic E-state index is -1.47. The maximum Gasteiger partial charge on any atom is 0.289 e. The number of carbonyl (C=O) groups excluding carboxylic acids is 2. The molecule has 2 saturated heterocycles. The number of ether oxygens (including phenoxy) is 1. The highest BCUT2D eigenvalue weighted by atomic mass is 16.6. The zero-order valence-electron chi connectivity index (χ0n) is 27.2. The van der Waals surface area contributed by atoms with E-state index >= 15 is 0 Å². The Bertz CT molecular complexity index is 1620. The smallest absolute Gasteiger partial charge is 0.289 e. The molecule has 4 heterocycles. The third-order valence-corrected chi connectivity index (χ3v) is 8.98. The summed E-state index contributed by atoms with van der Waals surface area (Å²) in [5.41, 5.74) is 2.78. The summed E-state index contributed by atoms with van der Waals surface area (Å²) in [6, 6.07) is 20.2. The number of aromatic nitrogens is 4. The van der Waals surface area contributed by atoms with Crippen molar-refractivity contribution in [3.63, 3.8) is 0 Å². The Kier molecular flexibility index (Phi) is 10.9. The van der Waals surface area contributed by atoms with Crippen LogP contribution in [0.4, 0.5) is 5.82 Å². The number of piperidine rings is 1. The van der Waals surface area contributed by atoms with Gasteiger partial charge in [-0.25, -0.2) is 15.0 Å². The lowest BCUT2D eigenvalue weighted by Gasteiger charge is -2.26. The molecule has 4 atom stereocenters. The molecule has 2 aromatic heterocycles. The lowest BCUT2D eigenvalue weighted by Crippen LogP contribution is -2.42. The maximum atomic E-state index is 13.5. The molecule has 2 aliphatic rings. The van der Waals surface area contributed by atoms with Crippen molar-refractivity contribution >= 4 is 28.8 Å². The second-order valence-corrected chi connectivity index (χ2v) is 12.4. The first-order valence-electron chi connectivity index (χ1n) is 16.8. The fourth-order valence-corrected chi connectivity index (χ4v) is 6.37. The Morgan fingerprint density at radius 1 is 0.917 bits per heavy atom. The van der Waals surface area contributed by atoms with Crippen LogP contribution < -0.4 is 16.0 Å². The van der Waals surface area contributed by atoms with Crippen LogP contribution in [0.1, 0.15) is 66.5 Å². The number of aliphatic hydroxyl groups is 2. The predicted molar refractivity (Wildman–Crippen MR) is 180 cm³/mol. The van der Waals surface area contributed by atoms with Gasteiger partial charge in [-0.3, -0.25) is 14.2 Å². The molecule has 0 radical (unpaired) electrons. The first kappa shape index (κ1) is 33.5. The number of benzene rings is 2. The van der Waals surface area contributed by atoms with Crippen LogP contribution >= 0.6 is 0 Å². The number of aliphatic hydroxyl groups excluding tert-OH is 2. The van der Waals surface area contributed by atoms with E-state index in [1.54, 1.807) is 0 Å². The van der Waals surface area contributed by atoms with E-state index < -0.39 is 36.4 Å². The summed E-state index contributed by atoms with van der Waals surface area (Å²) < 4.78 is 7.35. The quantitative estimate of drug-likeness (QED) is 0.144. The Hall–Kier alpha value is -4.43. The highest BCUT2D eigenvalue weighted by molar-refractivity contribution is 5.94. The summed E-state index contributed by atoms with van der Waals surface area (Å²) >= 11 is 0. The van der Waals surface area contributed by atoms with Crippen molar-refractivity contribution in [2.75, 3.05) is 44.6 Å². The second kappa shape index (κ2) is 15.6.